The molecule has 0 saturated carbocycles. The normalized spacial score (nSPS) is 12.7. The van der Waals surface area contributed by atoms with Crippen LogP contribution in [0.25, 0.3) is 11.1 Å². The van der Waals surface area contributed by atoms with Gasteiger partial charge in [0.05, 0.1) is 23.8 Å². The molecule has 0 aromatic heterocycles. The number of ether oxygens (including phenoxy) is 2. The first-order chi connectivity index (χ1) is 18.3. The fraction of sp³-hybridized carbons (Fsp3) is 0.345. The first-order valence-corrected chi connectivity index (χ1v) is 12.3. The van der Waals surface area contributed by atoms with E-state index in [1.807, 2.05) is 19.1 Å². The Labute approximate surface area is 222 Å². The van der Waals surface area contributed by atoms with Crippen molar-refractivity contribution in [3.05, 3.63) is 82.9 Å². The minimum atomic E-state index is -4.64. The third-order valence-electron chi connectivity index (χ3n) is 6.12. The topological polar surface area (TPSA) is 55.8 Å². The van der Waals surface area contributed by atoms with Crippen molar-refractivity contribution in [3.8, 4) is 22.6 Å². The minimum Gasteiger partial charge on any atom is -0.493 e. The van der Waals surface area contributed by atoms with E-state index in [0.29, 0.717) is 25.0 Å². The van der Waals surface area contributed by atoms with Crippen LogP contribution in [0, 0.1) is 0 Å². The maximum atomic E-state index is 13.4. The number of hydrogen-bond donors (Lipinski definition) is 1. The molecule has 0 unspecified atom stereocenters. The van der Waals surface area contributed by atoms with Crippen LogP contribution in [-0.4, -0.2) is 23.8 Å². The van der Waals surface area contributed by atoms with Crippen molar-refractivity contribution >= 4 is 5.97 Å². The Bertz CT molecular complexity index is 1270. The molecule has 0 amide bonds. The second-order valence-corrected chi connectivity index (χ2v) is 9.03. The molecule has 0 radical (unpaired) electrons. The Morgan fingerprint density at radius 2 is 1.51 bits per heavy atom. The number of benzene rings is 3. The Morgan fingerprint density at radius 1 is 0.872 bits per heavy atom. The molecule has 0 spiro atoms. The fourth-order valence-electron chi connectivity index (χ4n) is 4.00. The molecule has 210 valence electrons. The molecule has 4 nitrogen and oxygen atoms in total. The van der Waals surface area contributed by atoms with E-state index in [-0.39, 0.29) is 29.9 Å². The van der Waals surface area contributed by atoms with Gasteiger partial charge in [0, 0.05) is 18.4 Å². The van der Waals surface area contributed by atoms with Crippen LogP contribution in [0.3, 0.4) is 0 Å². The van der Waals surface area contributed by atoms with Gasteiger partial charge in [0.15, 0.2) is 0 Å². The van der Waals surface area contributed by atoms with Crippen molar-refractivity contribution < 1.29 is 45.7 Å². The van der Waals surface area contributed by atoms with Gasteiger partial charge in [0.1, 0.15) is 11.5 Å². The zero-order valence-corrected chi connectivity index (χ0v) is 21.3. The number of aryl methyl sites for hydroxylation is 2. The fourth-order valence-corrected chi connectivity index (χ4v) is 4.00. The molecule has 0 saturated heterocycles. The van der Waals surface area contributed by atoms with Gasteiger partial charge in [-0.3, -0.25) is 4.79 Å². The quantitative estimate of drug-likeness (QED) is 0.243. The molecule has 3 rings (SSSR count). The van der Waals surface area contributed by atoms with Gasteiger partial charge in [-0.1, -0.05) is 25.1 Å². The lowest BCUT2D eigenvalue weighted by Gasteiger charge is -2.20. The summed E-state index contributed by atoms with van der Waals surface area (Å²) >= 11 is 0. The zero-order chi connectivity index (χ0) is 28.8. The molecule has 0 aliphatic carbocycles. The molecule has 3 aromatic rings. The minimum absolute atomic E-state index is 0.0239. The van der Waals surface area contributed by atoms with Gasteiger partial charge < -0.3 is 14.6 Å². The molecule has 10 heteroatoms. The van der Waals surface area contributed by atoms with E-state index in [0.717, 1.165) is 53.6 Å². The SMILES string of the molecule is CCc1cc(OCC[C@@H](C)Oc2ccc(C(F)(F)F)cc2-c2ccc(C(F)(F)F)cc2)ccc1CCC(=O)O. The van der Waals surface area contributed by atoms with Gasteiger partial charge >= 0.3 is 18.3 Å². The average Bonchev–Trinajstić information content (AvgIpc) is 2.86. The molecule has 1 N–H and O–H groups in total. The van der Waals surface area contributed by atoms with E-state index >= 15 is 0 Å². The molecule has 0 heterocycles. The Hall–Kier alpha value is -3.69. The van der Waals surface area contributed by atoms with E-state index in [1.165, 1.54) is 0 Å². The predicted molar refractivity (Wildman–Crippen MR) is 134 cm³/mol. The van der Waals surface area contributed by atoms with Crippen LogP contribution in [0.15, 0.2) is 60.7 Å². The van der Waals surface area contributed by atoms with E-state index in [2.05, 4.69) is 0 Å². The van der Waals surface area contributed by atoms with Crippen LogP contribution in [0.1, 0.15) is 48.9 Å². The van der Waals surface area contributed by atoms with E-state index in [1.54, 1.807) is 13.0 Å². The highest BCUT2D eigenvalue weighted by Gasteiger charge is 2.32. The van der Waals surface area contributed by atoms with Gasteiger partial charge in [-0.2, -0.15) is 26.3 Å². The van der Waals surface area contributed by atoms with Crippen molar-refractivity contribution in [1.82, 2.24) is 0 Å². The van der Waals surface area contributed by atoms with E-state index in [4.69, 9.17) is 14.6 Å². The summed E-state index contributed by atoms with van der Waals surface area (Å²) in [5, 5.41) is 8.91. The van der Waals surface area contributed by atoms with Gasteiger partial charge in [0.2, 0.25) is 0 Å². The van der Waals surface area contributed by atoms with Gasteiger partial charge in [-0.25, -0.2) is 0 Å². The van der Waals surface area contributed by atoms with Crippen LogP contribution >= 0.6 is 0 Å². The third kappa shape index (κ3) is 8.40. The first-order valence-electron chi connectivity index (χ1n) is 12.3. The van der Waals surface area contributed by atoms with Crippen LogP contribution in [0.5, 0.6) is 11.5 Å². The lowest BCUT2D eigenvalue weighted by Crippen LogP contribution is -2.17. The summed E-state index contributed by atoms with van der Waals surface area (Å²) in [6.07, 6.45) is -8.19. The monoisotopic (exact) mass is 554 g/mol. The van der Waals surface area contributed by atoms with Gasteiger partial charge in [0.25, 0.3) is 0 Å². The third-order valence-corrected chi connectivity index (χ3v) is 6.12. The van der Waals surface area contributed by atoms with Crippen LogP contribution < -0.4 is 9.47 Å². The predicted octanol–water partition coefficient (Wildman–Crippen LogP) is 8.21. The molecule has 3 aromatic carbocycles. The van der Waals surface area contributed by atoms with Gasteiger partial charge in [-0.05, 0) is 78.9 Å². The molecular weight excluding hydrogens is 526 g/mol. The average molecular weight is 555 g/mol. The smallest absolute Gasteiger partial charge is 0.416 e. The largest absolute Gasteiger partial charge is 0.493 e. The lowest BCUT2D eigenvalue weighted by molar-refractivity contribution is -0.138. The van der Waals surface area contributed by atoms with Crippen LogP contribution in [0.2, 0.25) is 0 Å². The summed E-state index contributed by atoms with van der Waals surface area (Å²) in [5.74, 6) is -0.176. The molecule has 39 heavy (non-hydrogen) atoms. The summed E-state index contributed by atoms with van der Waals surface area (Å²) in [6, 6.07) is 12.2. The first kappa shape index (κ1) is 29.9. The standard InChI is InChI=1S/C29H28F6O4/c1-3-19-16-24(11-6-20(19)7-13-27(36)37)38-15-14-18(2)39-26-12-10-23(29(33,34)35)17-25(26)21-4-8-22(9-5-21)28(30,31)32/h4-6,8-12,16-18H,3,7,13-15H2,1-2H3,(H,36,37)/t18-/m1/s1. The summed E-state index contributed by atoms with van der Waals surface area (Å²) < 4.78 is 90.6. The number of halogens is 6. The highest BCUT2D eigenvalue weighted by atomic mass is 19.4. The maximum Gasteiger partial charge on any atom is 0.416 e. The zero-order valence-electron chi connectivity index (χ0n) is 21.3. The summed E-state index contributed by atoms with van der Waals surface area (Å²) in [7, 11) is 0. The second kappa shape index (κ2) is 12.4. The molecule has 0 aliphatic rings. The molecule has 1 atom stereocenters. The second-order valence-electron chi connectivity index (χ2n) is 9.03. The van der Waals surface area contributed by atoms with Crippen LogP contribution in [0.4, 0.5) is 26.3 Å². The number of carbonyl (C=O) groups is 1. The van der Waals surface area contributed by atoms with Gasteiger partial charge in [-0.15, -0.1) is 0 Å². The van der Waals surface area contributed by atoms with Crippen molar-refractivity contribution in [3.63, 3.8) is 0 Å². The Balaban J connectivity index is 1.71. The number of rotatable bonds is 11. The van der Waals surface area contributed by atoms with E-state index < -0.39 is 35.6 Å². The molecule has 0 bridgehead atoms. The summed E-state index contributed by atoms with van der Waals surface area (Å²) in [5.41, 5.74) is 0.233. The number of carboxylic acid groups (broad SMARTS) is 1. The van der Waals surface area contributed by atoms with Crippen LogP contribution in [-0.2, 0) is 30.0 Å². The molecular formula is C29H28F6O4. The number of carboxylic acids is 1. The Kier molecular flexibility index (Phi) is 9.53. The van der Waals surface area contributed by atoms with Crippen molar-refractivity contribution in [2.45, 2.75) is 58.0 Å². The highest BCUT2D eigenvalue weighted by molar-refractivity contribution is 5.72. The van der Waals surface area contributed by atoms with E-state index in [9.17, 15) is 31.1 Å². The Morgan fingerprint density at radius 3 is 2.10 bits per heavy atom. The van der Waals surface area contributed by atoms with Crippen molar-refractivity contribution in [1.29, 1.82) is 0 Å². The summed E-state index contributed by atoms with van der Waals surface area (Å²) in [6.45, 7) is 3.90. The van der Waals surface area contributed by atoms with Crippen molar-refractivity contribution in [2.75, 3.05) is 6.61 Å². The number of hydrogen-bond acceptors (Lipinski definition) is 3. The number of alkyl halides is 6. The summed E-state index contributed by atoms with van der Waals surface area (Å²) in [4.78, 5) is 10.9. The molecule has 0 fully saturated rings. The maximum absolute atomic E-state index is 13.4. The highest BCUT2D eigenvalue weighted by Crippen LogP contribution is 2.39. The lowest BCUT2D eigenvalue weighted by atomic mass is 10.00. The van der Waals surface area contributed by atoms with Crippen molar-refractivity contribution in [2.24, 2.45) is 0 Å². The number of aliphatic carboxylic acids is 1. The molecule has 0 aliphatic heterocycles.